The number of aromatic nitrogens is 1. The minimum Gasteiger partial charge on any atom is -0.271 e. The van der Waals surface area contributed by atoms with E-state index in [4.69, 9.17) is 5.84 Å². The van der Waals surface area contributed by atoms with E-state index in [1.165, 1.54) is 5.56 Å². The highest BCUT2D eigenvalue weighted by atomic mass is 15.2. The van der Waals surface area contributed by atoms with Crippen molar-refractivity contribution in [2.24, 2.45) is 5.84 Å². The Labute approximate surface area is 101 Å². The molecule has 2 aromatic rings. The van der Waals surface area contributed by atoms with Crippen LogP contribution in [0.15, 0.2) is 49.2 Å². The monoisotopic (exact) mass is 227 g/mol. The lowest BCUT2D eigenvalue weighted by molar-refractivity contribution is 0.521. The summed E-state index contributed by atoms with van der Waals surface area (Å²) in [7, 11) is 0. The van der Waals surface area contributed by atoms with Gasteiger partial charge in [0.25, 0.3) is 0 Å². The zero-order chi connectivity index (χ0) is 12.1. The van der Waals surface area contributed by atoms with Crippen LogP contribution < -0.4 is 11.3 Å². The van der Waals surface area contributed by atoms with Gasteiger partial charge < -0.3 is 0 Å². The van der Waals surface area contributed by atoms with Crippen LogP contribution in [0, 0.1) is 0 Å². The molecule has 1 aromatic carbocycles. The van der Waals surface area contributed by atoms with Crippen LogP contribution in [0.25, 0.3) is 10.9 Å². The molecule has 0 fully saturated rings. The van der Waals surface area contributed by atoms with Gasteiger partial charge in [-0.3, -0.25) is 16.3 Å². The van der Waals surface area contributed by atoms with E-state index in [1.807, 2.05) is 18.2 Å². The van der Waals surface area contributed by atoms with Crippen LogP contribution in [-0.2, 0) is 0 Å². The molecule has 0 radical (unpaired) electrons. The van der Waals surface area contributed by atoms with Crippen molar-refractivity contribution in [1.29, 1.82) is 0 Å². The first-order valence-electron chi connectivity index (χ1n) is 5.77. The highest BCUT2D eigenvalue weighted by Gasteiger charge is 2.08. The van der Waals surface area contributed by atoms with Crippen molar-refractivity contribution in [3.63, 3.8) is 0 Å². The van der Waals surface area contributed by atoms with E-state index >= 15 is 0 Å². The fraction of sp³-hybridized carbons (Fsp3) is 0.214. The van der Waals surface area contributed by atoms with Crippen molar-refractivity contribution >= 4 is 10.9 Å². The molecule has 17 heavy (non-hydrogen) atoms. The number of nitrogens with one attached hydrogen (secondary N) is 1. The smallest absolute Gasteiger partial charge is 0.0702 e. The van der Waals surface area contributed by atoms with Crippen LogP contribution in [0.3, 0.4) is 0 Å². The molecule has 0 aliphatic carbocycles. The first kappa shape index (κ1) is 11.8. The Morgan fingerprint density at radius 1 is 1.41 bits per heavy atom. The average molecular weight is 227 g/mol. The summed E-state index contributed by atoms with van der Waals surface area (Å²) in [5.74, 6) is 5.59. The van der Waals surface area contributed by atoms with Crippen molar-refractivity contribution in [2.45, 2.75) is 18.9 Å². The highest BCUT2D eigenvalue weighted by molar-refractivity contribution is 5.79. The lowest BCUT2D eigenvalue weighted by Gasteiger charge is -2.15. The lowest BCUT2D eigenvalue weighted by atomic mass is 10.0. The van der Waals surface area contributed by atoms with Crippen molar-refractivity contribution in [2.75, 3.05) is 0 Å². The van der Waals surface area contributed by atoms with Crippen molar-refractivity contribution in [3.8, 4) is 0 Å². The topological polar surface area (TPSA) is 50.9 Å². The minimum absolute atomic E-state index is 0.164. The number of nitrogens with zero attached hydrogens (tertiary/aromatic N) is 1. The Morgan fingerprint density at radius 2 is 2.29 bits per heavy atom. The molecule has 1 unspecified atom stereocenters. The number of hydrazine groups is 1. The summed E-state index contributed by atoms with van der Waals surface area (Å²) in [4.78, 5) is 4.30. The van der Waals surface area contributed by atoms with E-state index in [0.717, 1.165) is 23.7 Å². The Kier molecular flexibility index (Phi) is 3.85. The Bertz CT molecular complexity index is 508. The summed E-state index contributed by atoms with van der Waals surface area (Å²) in [6.07, 6.45) is 5.61. The van der Waals surface area contributed by atoms with E-state index in [-0.39, 0.29) is 6.04 Å². The maximum absolute atomic E-state index is 5.59. The number of nitrogens with two attached hydrogens (primary N) is 1. The third-order valence-corrected chi connectivity index (χ3v) is 2.89. The second-order valence-electron chi connectivity index (χ2n) is 4.04. The summed E-state index contributed by atoms with van der Waals surface area (Å²) in [6, 6.07) is 10.4. The van der Waals surface area contributed by atoms with Gasteiger partial charge in [-0.25, -0.2) is 0 Å². The van der Waals surface area contributed by atoms with Gasteiger partial charge in [0.2, 0.25) is 0 Å². The largest absolute Gasteiger partial charge is 0.271 e. The number of allylic oxidation sites excluding steroid dienone is 1. The van der Waals surface area contributed by atoms with Gasteiger partial charge in [-0.2, -0.15) is 0 Å². The molecule has 88 valence electrons. The molecule has 0 aliphatic heterocycles. The van der Waals surface area contributed by atoms with Crippen LogP contribution in [0.2, 0.25) is 0 Å². The summed E-state index contributed by atoms with van der Waals surface area (Å²) in [6.45, 7) is 3.73. The zero-order valence-corrected chi connectivity index (χ0v) is 9.76. The van der Waals surface area contributed by atoms with E-state index in [2.05, 4.69) is 35.2 Å². The number of fused-ring (bicyclic) bond motifs is 1. The Morgan fingerprint density at radius 3 is 3.06 bits per heavy atom. The van der Waals surface area contributed by atoms with Crippen molar-refractivity contribution in [3.05, 3.63) is 54.7 Å². The van der Waals surface area contributed by atoms with Gasteiger partial charge in [0.05, 0.1) is 5.52 Å². The van der Waals surface area contributed by atoms with Crippen LogP contribution in [0.1, 0.15) is 24.4 Å². The van der Waals surface area contributed by atoms with Crippen molar-refractivity contribution in [1.82, 2.24) is 10.4 Å². The van der Waals surface area contributed by atoms with E-state index in [1.54, 1.807) is 6.20 Å². The normalized spacial score (nSPS) is 12.5. The molecule has 1 aromatic heterocycles. The molecule has 0 aliphatic rings. The predicted octanol–water partition coefficient (Wildman–Crippen LogP) is 2.71. The van der Waals surface area contributed by atoms with Gasteiger partial charge in [0.1, 0.15) is 0 Å². The van der Waals surface area contributed by atoms with Gasteiger partial charge in [-0.05, 0) is 36.6 Å². The standard InChI is InChI=1S/C14H17N3/c1-2-3-6-14(17-15)12-7-8-13-11(10-12)5-4-9-16-13/h2,4-5,7-10,14,17H,1,3,6,15H2. The van der Waals surface area contributed by atoms with Gasteiger partial charge in [-0.1, -0.05) is 18.2 Å². The molecule has 3 heteroatoms. The summed E-state index contributed by atoms with van der Waals surface area (Å²) < 4.78 is 0. The summed E-state index contributed by atoms with van der Waals surface area (Å²) in [5, 5.41) is 1.14. The lowest BCUT2D eigenvalue weighted by Crippen LogP contribution is -2.27. The predicted molar refractivity (Wildman–Crippen MR) is 71.2 cm³/mol. The fourth-order valence-electron chi connectivity index (χ4n) is 1.94. The van der Waals surface area contributed by atoms with Gasteiger partial charge in [0.15, 0.2) is 0 Å². The maximum atomic E-state index is 5.59. The number of benzene rings is 1. The first-order valence-corrected chi connectivity index (χ1v) is 5.77. The minimum atomic E-state index is 0.164. The molecule has 3 N–H and O–H groups in total. The second kappa shape index (κ2) is 5.57. The number of pyridine rings is 1. The van der Waals surface area contributed by atoms with Crippen LogP contribution in [0.5, 0.6) is 0 Å². The molecule has 0 saturated heterocycles. The number of hydrogen-bond donors (Lipinski definition) is 2. The summed E-state index contributed by atoms with van der Waals surface area (Å²) in [5.41, 5.74) is 5.05. The molecule has 2 rings (SSSR count). The molecule has 0 spiro atoms. The third kappa shape index (κ3) is 2.70. The molecule has 1 atom stereocenters. The second-order valence-corrected chi connectivity index (χ2v) is 4.04. The molecular formula is C14H17N3. The van der Waals surface area contributed by atoms with Crippen molar-refractivity contribution < 1.29 is 0 Å². The third-order valence-electron chi connectivity index (χ3n) is 2.89. The molecule has 0 amide bonds. The molecular weight excluding hydrogens is 210 g/mol. The zero-order valence-electron chi connectivity index (χ0n) is 9.76. The molecule has 3 nitrogen and oxygen atoms in total. The number of rotatable bonds is 5. The first-order chi connectivity index (χ1) is 8.35. The van der Waals surface area contributed by atoms with E-state index in [0.29, 0.717) is 0 Å². The molecule has 0 saturated carbocycles. The SMILES string of the molecule is C=CCCC(NN)c1ccc2ncccc2c1. The van der Waals surface area contributed by atoms with E-state index in [9.17, 15) is 0 Å². The summed E-state index contributed by atoms with van der Waals surface area (Å²) >= 11 is 0. The fourth-order valence-corrected chi connectivity index (χ4v) is 1.94. The van der Waals surface area contributed by atoms with Gasteiger partial charge in [-0.15, -0.1) is 6.58 Å². The molecule has 1 heterocycles. The van der Waals surface area contributed by atoms with Crippen LogP contribution >= 0.6 is 0 Å². The maximum Gasteiger partial charge on any atom is 0.0702 e. The van der Waals surface area contributed by atoms with E-state index < -0.39 is 0 Å². The van der Waals surface area contributed by atoms with Gasteiger partial charge >= 0.3 is 0 Å². The van der Waals surface area contributed by atoms with Crippen LogP contribution in [-0.4, -0.2) is 4.98 Å². The highest BCUT2D eigenvalue weighted by Crippen LogP contribution is 2.21. The van der Waals surface area contributed by atoms with Crippen LogP contribution in [0.4, 0.5) is 0 Å². The number of hydrogen-bond acceptors (Lipinski definition) is 3. The Hall–Kier alpha value is -1.71. The molecule has 0 bridgehead atoms. The average Bonchev–Trinajstić information content (AvgIpc) is 2.39. The quantitative estimate of drug-likeness (QED) is 0.469. The Balaban J connectivity index is 2.30. The van der Waals surface area contributed by atoms with Gasteiger partial charge in [0, 0.05) is 17.6 Å².